The maximum Gasteiger partial charge on any atom is 0.243 e. The number of hydrogen-bond acceptors (Lipinski definition) is 3. The molecule has 4 heterocycles. The van der Waals surface area contributed by atoms with Gasteiger partial charge < -0.3 is 9.88 Å². The normalized spacial score (nSPS) is 18.9. The van der Waals surface area contributed by atoms with Crippen molar-refractivity contribution in [2.45, 2.75) is 18.9 Å². The highest BCUT2D eigenvalue weighted by atomic mass is 16.2. The molecule has 3 aromatic heterocycles. The molecule has 1 atom stereocenters. The van der Waals surface area contributed by atoms with E-state index in [1.165, 1.54) is 0 Å². The number of amides is 1. The zero-order valence-corrected chi connectivity index (χ0v) is 11.4. The Balaban J connectivity index is 1.83. The van der Waals surface area contributed by atoms with E-state index in [4.69, 9.17) is 0 Å². The first-order chi connectivity index (χ1) is 10.3. The fourth-order valence-electron chi connectivity index (χ4n) is 2.88. The second kappa shape index (κ2) is 4.73. The molecule has 0 aromatic carbocycles. The van der Waals surface area contributed by atoms with Gasteiger partial charge in [0.1, 0.15) is 17.4 Å². The van der Waals surface area contributed by atoms with Gasteiger partial charge in [0, 0.05) is 25.1 Å². The Kier molecular flexibility index (Phi) is 2.73. The van der Waals surface area contributed by atoms with Gasteiger partial charge in [-0.05, 0) is 25.0 Å². The molecule has 21 heavy (non-hydrogen) atoms. The third-order valence-corrected chi connectivity index (χ3v) is 3.91. The highest BCUT2D eigenvalue weighted by molar-refractivity contribution is 5.81. The van der Waals surface area contributed by atoms with E-state index in [9.17, 15) is 4.79 Å². The van der Waals surface area contributed by atoms with Crippen LogP contribution in [0.15, 0.2) is 43.0 Å². The molecule has 1 amide bonds. The van der Waals surface area contributed by atoms with Gasteiger partial charge in [0.25, 0.3) is 0 Å². The van der Waals surface area contributed by atoms with E-state index in [1.54, 1.807) is 12.4 Å². The molecule has 0 bridgehead atoms. The lowest BCUT2D eigenvalue weighted by Gasteiger charge is -2.24. The molecule has 0 radical (unpaired) electrons. The fourth-order valence-corrected chi connectivity index (χ4v) is 2.88. The second-order valence-electron chi connectivity index (χ2n) is 5.18. The van der Waals surface area contributed by atoms with Gasteiger partial charge in [0.05, 0.1) is 6.20 Å². The number of nitrogens with zero attached hydrogens (tertiary/aromatic N) is 4. The van der Waals surface area contributed by atoms with Crippen LogP contribution in [0, 0.1) is 0 Å². The third-order valence-electron chi connectivity index (χ3n) is 3.91. The predicted molar refractivity (Wildman–Crippen MR) is 77.7 cm³/mol. The Hall–Kier alpha value is -2.63. The van der Waals surface area contributed by atoms with Gasteiger partial charge in [0.2, 0.25) is 5.91 Å². The van der Waals surface area contributed by atoms with E-state index in [2.05, 4.69) is 15.3 Å². The van der Waals surface area contributed by atoms with Crippen LogP contribution in [0.5, 0.6) is 0 Å². The van der Waals surface area contributed by atoms with Crippen molar-refractivity contribution in [1.82, 2.24) is 24.3 Å². The zero-order chi connectivity index (χ0) is 14.2. The van der Waals surface area contributed by atoms with Crippen LogP contribution in [-0.2, 0) is 4.79 Å². The van der Waals surface area contributed by atoms with Crippen molar-refractivity contribution in [1.29, 1.82) is 0 Å². The number of fused-ring (bicyclic) bond motifs is 1. The summed E-state index contributed by atoms with van der Waals surface area (Å²) in [7, 11) is 0. The number of hydrogen-bond donors (Lipinski definition) is 1. The van der Waals surface area contributed by atoms with E-state index in [0.717, 1.165) is 36.6 Å². The van der Waals surface area contributed by atoms with Crippen molar-refractivity contribution in [3.05, 3.63) is 43.0 Å². The predicted octanol–water partition coefficient (Wildman–Crippen LogP) is 1.65. The summed E-state index contributed by atoms with van der Waals surface area (Å²) in [6, 6.07) is 5.67. The summed E-state index contributed by atoms with van der Waals surface area (Å²) in [4.78, 5) is 20.9. The lowest BCUT2D eigenvalue weighted by atomic mass is 10.1. The van der Waals surface area contributed by atoms with Crippen molar-refractivity contribution >= 4 is 11.6 Å². The van der Waals surface area contributed by atoms with Gasteiger partial charge in [-0.1, -0.05) is 6.07 Å². The molecule has 6 nitrogen and oxygen atoms in total. The number of pyridine rings is 1. The summed E-state index contributed by atoms with van der Waals surface area (Å²) >= 11 is 0. The molecule has 0 saturated carbocycles. The topological polar surface area (TPSA) is 64.2 Å². The average Bonchev–Trinajstić information content (AvgIpc) is 3.13. The van der Waals surface area contributed by atoms with Crippen LogP contribution in [-0.4, -0.2) is 31.4 Å². The largest absolute Gasteiger partial charge is 0.354 e. The van der Waals surface area contributed by atoms with Crippen LogP contribution in [0.3, 0.4) is 0 Å². The summed E-state index contributed by atoms with van der Waals surface area (Å²) < 4.78 is 3.94. The maximum absolute atomic E-state index is 12.1. The Labute approximate surface area is 121 Å². The van der Waals surface area contributed by atoms with Crippen molar-refractivity contribution in [2.75, 3.05) is 6.54 Å². The Morgan fingerprint density at radius 1 is 1.24 bits per heavy atom. The van der Waals surface area contributed by atoms with E-state index >= 15 is 0 Å². The molecule has 1 N–H and O–H groups in total. The minimum Gasteiger partial charge on any atom is -0.354 e. The molecule has 3 aromatic rings. The second-order valence-corrected chi connectivity index (χ2v) is 5.18. The molecule has 1 aliphatic heterocycles. The van der Waals surface area contributed by atoms with E-state index in [-0.39, 0.29) is 11.9 Å². The minimum atomic E-state index is -0.189. The molecule has 4 rings (SSSR count). The Bertz CT molecular complexity index is 803. The summed E-state index contributed by atoms with van der Waals surface area (Å²) in [5, 5.41) is 2.92. The summed E-state index contributed by atoms with van der Waals surface area (Å²) in [6.45, 7) is 0.759. The number of rotatable bonds is 2. The minimum absolute atomic E-state index is 0.0642. The number of carbonyl (C=O) groups excluding carboxylic acids is 1. The van der Waals surface area contributed by atoms with Gasteiger partial charge in [-0.3, -0.25) is 9.20 Å². The van der Waals surface area contributed by atoms with Crippen LogP contribution in [0.25, 0.3) is 17.2 Å². The molecule has 106 valence electrons. The maximum atomic E-state index is 12.1. The average molecular weight is 281 g/mol. The standard InChI is InChI=1S/C15H15N5O/c21-15-11(4-3-6-17-15)20-9-7-16-14(20)12-10-18-13-5-1-2-8-19(12)13/h1-2,5,7-11H,3-4,6H2,(H,17,21). The zero-order valence-electron chi connectivity index (χ0n) is 11.4. The highest BCUT2D eigenvalue weighted by Crippen LogP contribution is 2.26. The first-order valence-electron chi connectivity index (χ1n) is 7.07. The van der Waals surface area contributed by atoms with Crippen molar-refractivity contribution < 1.29 is 4.79 Å². The number of carbonyl (C=O) groups is 1. The van der Waals surface area contributed by atoms with E-state index < -0.39 is 0 Å². The van der Waals surface area contributed by atoms with Crippen LogP contribution in [0.1, 0.15) is 18.9 Å². The molecule has 1 unspecified atom stereocenters. The SMILES string of the molecule is O=C1NCCCC1n1ccnc1-c1cnc2ccccn12. The van der Waals surface area contributed by atoms with Gasteiger partial charge in [0.15, 0.2) is 5.82 Å². The number of imidazole rings is 2. The molecule has 1 fully saturated rings. The van der Waals surface area contributed by atoms with Crippen LogP contribution >= 0.6 is 0 Å². The lowest BCUT2D eigenvalue weighted by Crippen LogP contribution is -2.37. The third kappa shape index (κ3) is 1.91. The molecule has 0 spiro atoms. The molecular formula is C15H15N5O. The number of piperidine rings is 1. The van der Waals surface area contributed by atoms with Crippen molar-refractivity contribution in [3.8, 4) is 11.5 Å². The first kappa shape index (κ1) is 12.1. The Morgan fingerprint density at radius 2 is 2.19 bits per heavy atom. The van der Waals surface area contributed by atoms with E-state index in [1.807, 2.05) is 39.6 Å². The van der Waals surface area contributed by atoms with Gasteiger partial charge in [-0.25, -0.2) is 9.97 Å². The summed E-state index contributed by atoms with van der Waals surface area (Å²) in [5.74, 6) is 0.838. The van der Waals surface area contributed by atoms with Crippen molar-refractivity contribution in [2.24, 2.45) is 0 Å². The van der Waals surface area contributed by atoms with Crippen LogP contribution in [0.4, 0.5) is 0 Å². The molecule has 1 saturated heterocycles. The van der Waals surface area contributed by atoms with Crippen LogP contribution in [0.2, 0.25) is 0 Å². The number of nitrogens with one attached hydrogen (secondary N) is 1. The van der Waals surface area contributed by atoms with Crippen LogP contribution < -0.4 is 5.32 Å². The van der Waals surface area contributed by atoms with Gasteiger partial charge in [-0.2, -0.15) is 0 Å². The van der Waals surface area contributed by atoms with Crippen molar-refractivity contribution in [3.63, 3.8) is 0 Å². The van der Waals surface area contributed by atoms with E-state index in [0.29, 0.717) is 0 Å². The first-order valence-corrected chi connectivity index (χ1v) is 7.07. The molecule has 1 aliphatic rings. The Morgan fingerprint density at radius 3 is 3.10 bits per heavy atom. The molecule has 0 aliphatic carbocycles. The van der Waals surface area contributed by atoms with Gasteiger partial charge >= 0.3 is 0 Å². The highest BCUT2D eigenvalue weighted by Gasteiger charge is 2.26. The quantitative estimate of drug-likeness (QED) is 0.777. The molecular weight excluding hydrogens is 266 g/mol. The summed E-state index contributed by atoms with van der Waals surface area (Å²) in [5.41, 5.74) is 1.77. The molecule has 6 heteroatoms. The monoisotopic (exact) mass is 281 g/mol. The lowest BCUT2D eigenvalue weighted by molar-refractivity contribution is -0.125. The fraction of sp³-hybridized carbons (Fsp3) is 0.267. The smallest absolute Gasteiger partial charge is 0.243 e. The summed E-state index contributed by atoms with van der Waals surface area (Å²) in [6.07, 6.45) is 9.19. The van der Waals surface area contributed by atoms with Gasteiger partial charge in [-0.15, -0.1) is 0 Å². The number of aromatic nitrogens is 4.